The van der Waals surface area contributed by atoms with Crippen LogP contribution in [-0.4, -0.2) is 14.5 Å². The molecule has 11 rings (SSSR count). The highest BCUT2D eigenvalue weighted by molar-refractivity contribution is 6.21. The number of hydrogen-bond donors (Lipinski definition) is 0. The van der Waals surface area contributed by atoms with Crippen LogP contribution in [-0.2, 0) is 0 Å². The second-order valence-electron chi connectivity index (χ2n) is 13.4. The molecule has 0 N–H and O–H groups in total. The van der Waals surface area contributed by atoms with E-state index in [1.54, 1.807) is 0 Å². The molecule has 0 spiro atoms. The molecule has 11 aromatic rings. The summed E-state index contributed by atoms with van der Waals surface area (Å²) in [5.74, 6) is 0.643. The Bertz CT molecular complexity index is 3120. The summed E-state index contributed by atoms with van der Waals surface area (Å²) < 4.78 is 8.58. The molecular weight excluding hydrogens is 635 g/mol. The van der Waals surface area contributed by atoms with Crippen molar-refractivity contribution in [1.29, 1.82) is 0 Å². The Morgan fingerprint density at radius 3 is 1.77 bits per heavy atom. The van der Waals surface area contributed by atoms with Crippen LogP contribution in [0.1, 0.15) is 0 Å². The lowest BCUT2D eigenvalue weighted by Gasteiger charge is -2.13. The molecule has 0 fully saturated rings. The van der Waals surface area contributed by atoms with E-state index >= 15 is 0 Å². The Labute approximate surface area is 298 Å². The van der Waals surface area contributed by atoms with Gasteiger partial charge in [-0.1, -0.05) is 127 Å². The number of nitrogens with zero attached hydrogens (tertiary/aromatic N) is 3. The van der Waals surface area contributed by atoms with Crippen molar-refractivity contribution in [2.45, 2.75) is 0 Å². The van der Waals surface area contributed by atoms with Gasteiger partial charge in [0.2, 0.25) is 5.95 Å². The number of rotatable bonds is 4. The number of benzene rings is 8. The predicted octanol–water partition coefficient (Wildman–Crippen LogP) is 12.8. The highest BCUT2D eigenvalue weighted by Gasteiger charge is 2.19. The lowest BCUT2D eigenvalue weighted by atomic mass is 9.91. The Hall–Kier alpha value is -7.04. The van der Waals surface area contributed by atoms with Gasteiger partial charge in [0.1, 0.15) is 11.2 Å². The average molecular weight is 664 g/mol. The first-order valence-electron chi connectivity index (χ1n) is 17.6. The minimum Gasteiger partial charge on any atom is -0.456 e. The quantitative estimate of drug-likeness (QED) is 0.176. The van der Waals surface area contributed by atoms with Crippen LogP contribution in [0.4, 0.5) is 0 Å². The lowest BCUT2D eigenvalue weighted by Crippen LogP contribution is -2.04. The zero-order valence-electron chi connectivity index (χ0n) is 28.0. The highest BCUT2D eigenvalue weighted by atomic mass is 16.3. The topological polar surface area (TPSA) is 43.9 Å². The molecule has 4 heteroatoms. The second kappa shape index (κ2) is 11.2. The van der Waals surface area contributed by atoms with E-state index in [0.29, 0.717) is 5.95 Å². The SMILES string of the molecule is c1ccc(-c2cc(-c3ccccc3)nc(-n3c4ccccc4c4cc(-c5cc6ccccc6c6cc7oc8ccccc8c7cc56)ccc43)n2)cc1. The van der Waals surface area contributed by atoms with Crippen LogP contribution < -0.4 is 0 Å². The van der Waals surface area contributed by atoms with Gasteiger partial charge >= 0.3 is 0 Å². The maximum absolute atomic E-state index is 6.36. The van der Waals surface area contributed by atoms with Gasteiger partial charge in [-0.15, -0.1) is 0 Å². The average Bonchev–Trinajstić information content (AvgIpc) is 3.75. The first-order chi connectivity index (χ1) is 25.8. The highest BCUT2D eigenvalue weighted by Crippen LogP contribution is 2.42. The van der Waals surface area contributed by atoms with Gasteiger partial charge < -0.3 is 4.42 Å². The van der Waals surface area contributed by atoms with E-state index in [0.717, 1.165) is 71.8 Å². The van der Waals surface area contributed by atoms with Crippen molar-refractivity contribution >= 4 is 65.3 Å². The molecule has 242 valence electrons. The molecule has 0 aliphatic rings. The van der Waals surface area contributed by atoms with Gasteiger partial charge in [-0.05, 0) is 81.2 Å². The Morgan fingerprint density at radius 1 is 0.365 bits per heavy atom. The van der Waals surface area contributed by atoms with E-state index in [2.05, 4.69) is 156 Å². The summed E-state index contributed by atoms with van der Waals surface area (Å²) in [6, 6.07) is 62.0. The maximum atomic E-state index is 6.36. The molecule has 3 aromatic heterocycles. The summed E-state index contributed by atoms with van der Waals surface area (Å²) in [6.45, 7) is 0. The zero-order valence-corrected chi connectivity index (χ0v) is 28.0. The molecule has 3 heterocycles. The van der Waals surface area contributed by atoms with Crippen LogP contribution in [0.25, 0.3) is 105 Å². The minimum atomic E-state index is 0.643. The molecule has 8 aromatic carbocycles. The third kappa shape index (κ3) is 4.41. The van der Waals surface area contributed by atoms with E-state index in [9.17, 15) is 0 Å². The Morgan fingerprint density at radius 2 is 1.00 bits per heavy atom. The van der Waals surface area contributed by atoms with Crippen molar-refractivity contribution in [3.63, 3.8) is 0 Å². The summed E-state index contributed by atoms with van der Waals surface area (Å²) in [6.07, 6.45) is 0. The molecule has 0 unspecified atom stereocenters. The third-order valence-corrected chi connectivity index (χ3v) is 10.4. The molecule has 0 radical (unpaired) electrons. The van der Waals surface area contributed by atoms with Gasteiger partial charge in [0.05, 0.1) is 22.4 Å². The monoisotopic (exact) mass is 663 g/mol. The summed E-state index contributed by atoms with van der Waals surface area (Å²) in [7, 11) is 0. The van der Waals surface area contributed by atoms with E-state index in [1.165, 1.54) is 27.1 Å². The molecule has 0 saturated heterocycles. The smallest absolute Gasteiger partial charge is 0.235 e. The normalized spacial score (nSPS) is 11.8. The predicted molar refractivity (Wildman–Crippen MR) is 215 cm³/mol. The fourth-order valence-electron chi connectivity index (χ4n) is 7.96. The van der Waals surface area contributed by atoms with Crippen LogP contribution >= 0.6 is 0 Å². The first kappa shape index (κ1) is 28.8. The van der Waals surface area contributed by atoms with E-state index in [1.807, 2.05) is 24.3 Å². The van der Waals surface area contributed by atoms with Crippen molar-refractivity contribution in [2.75, 3.05) is 0 Å². The van der Waals surface area contributed by atoms with Gasteiger partial charge in [0.15, 0.2) is 0 Å². The van der Waals surface area contributed by atoms with Crippen molar-refractivity contribution in [3.05, 3.63) is 176 Å². The van der Waals surface area contributed by atoms with Crippen LogP contribution in [0.5, 0.6) is 0 Å². The number of aromatic nitrogens is 3. The molecule has 0 aliphatic heterocycles. The Kier molecular flexibility index (Phi) is 6.22. The van der Waals surface area contributed by atoms with Crippen LogP contribution in [0.15, 0.2) is 180 Å². The van der Waals surface area contributed by atoms with Crippen molar-refractivity contribution in [2.24, 2.45) is 0 Å². The van der Waals surface area contributed by atoms with Crippen LogP contribution in [0.3, 0.4) is 0 Å². The van der Waals surface area contributed by atoms with Crippen molar-refractivity contribution in [3.8, 4) is 39.6 Å². The second-order valence-corrected chi connectivity index (χ2v) is 13.4. The van der Waals surface area contributed by atoms with E-state index in [-0.39, 0.29) is 0 Å². The molecule has 0 atom stereocenters. The Balaban J connectivity index is 1.18. The summed E-state index contributed by atoms with van der Waals surface area (Å²) in [5.41, 5.74) is 10.1. The number of hydrogen-bond acceptors (Lipinski definition) is 3. The number of para-hydroxylation sites is 2. The van der Waals surface area contributed by atoms with E-state index in [4.69, 9.17) is 14.4 Å². The van der Waals surface area contributed by atoms with Gasteiger partial charge in [-0.2, -0.15) is 0 Å². The molecule has 4 nitrogen and oxygen atoms in total. The van der Waals surface area contributed by atoms with Crippen molar-refractivity contribution < 1.29 is 4.42 Å². The van der Waals surface area contributed by atoms with Crippen molar-refractivity contribution in [1.82, 2.24) is 14.5 Å². The fourth-order valence-corrected chi connectivity index (χ4v) is 7.96. The summed E-state index contributed by atoms with van der Waals surface area (Å²) in [5, 5.41) is 9.36. The van der Waals surface area contributed by atoms with Gasteiger partial charge in [-0.3, -0.25) is 4.57 Å². The largest absolute Gasteiger partial charge is 0.456 e. The van der Waals surface area contributed by atoms with Gasteiger partial charge in [0, 0.05) is 32.7 Å². The number of furan rings is 1. The zero-order chi connectivity index (χ0) is 34.2. The molecule has 0 saturated carbocycles. The standard InChI is InChI=1S/C48H29N3O/c1-3-13-30(14-4-1)42-29-43(31-15-5-2-6-16-31)50-48(49-42)51-44-21-11-9-19-35(44)40-26-33(23-24-45(40)51)37-25-32-17-7-8-18-34(32)39-28-47-41(27-38(37)39)36-20-10-12-22-46(36)52-47/h1-29H. The summed E-state index contributed by atoms with van der Waals surface area (Å²) in [4.78, 5) is 10.4. The fraction of sp³-hybridized carbons (Fsp3) is 0. The first-order valence-corrected chi connectivity index (χ1v) is 17.6. The van der Waals surface area contributed by atoms with Crippen LogP contribution in [0, 0.1) is 0 Å². The molecule has 0 amide bonds. The summed E-state index contributed by atoms with van der Waals surface area (Å²) >= 11 is 0. The lowest BCUT2D eigenvalue weighted by molar-refractivity contribution is 0.669. The number of fused-ring (bicyclic) bond motifs is 9. The molecular formula is C48H29N3O. The maximum Gasteiger partial charge on any atom is 0.235 e. The minimum absolute atomic E-state index is 0.643. The van der Waals surface area contributed by atoms with E-state index < -0.39 is 0 Å². The third-order valence-electron chi connectivity index (χ3n) is 10.4. The van der Waals surface area contributed by atoms with Gasteiger partial charge in [0.25, 0.3) is 0 Å². The van der Waals surface area contributed by atoms with Crippen LogP contribution in [0.2, 0.25) is 0 Å². The molecule has 52 heavy (non-hydrogen) atoms. The molecule has 0 bridgehead atoms. The van der Waals surface area contributed by atoms with Gasteiger partial charge in [-0.25, -0.2) is 9.97 Å². The molecule has 0 aliphatic carbocycles.